The van der Waals surface area contributed by atoms with E-state index in [1.165, 1.54) is 0 Å². The molecule has 0 spiro atoms. The number of hydrogen-bond acceptors (Lipinski definition) is 4. The Labute approximate surface area is 194 Å². The molecule has 4 rings (SSSR count). The van der Waals surface area contributed by atoms with Crippen molar-refractivity contribution < 1.29 is 13.9 Å². The van der Waals surface area contributed by atoms with Crippen molar-refractivity contribution in [3.63, 3.8) is 0 Å². The normalized spacial score (nSPS) is 11.0. The van der Waals surface area contributed by atoms with Crippen LogP contribution in [0.2, 0.25) is 5.02 Å². The van der Waals surface area contributed by atoms with E-state index in [9.17, 15) is 4.79 Å². The third-order valence-electron chi connectivity index (χ3n) is 4.49. The summed E-state index contributed by atoms with van der Waals surface area (Å²) in [5, 5.41) is 3.43. The molecule has 0 bridgehead atoms. The van der Waals surface area contributed by atoms with Crippen LogP contribution in [0.4, 0.5) is 5.69 Å². The van der Waals surface area contributed by atoms with Gasteiger partial charge in [-0.2, -0.15) is 0 Å². The summed E-state index contributed by atoms with van der Waals surface area (Å²) in [5.74, 6) is 0.656. The van der Waals surface area contributed by atoms with Gasteiger partial charge in [-0.25, -0.2) is 4.98 Å². The first-order valence-corrected chi connectivity index (χ1v) is 10.8. The molecule has 30 heavy (non-hydrogen) atoms. The van der Waals surface area contributed by atoms with E-state index in [2.05, 4.69) is 42.2 Å². The van der Waals surface area contributed by atoms with Gasteiger partial charge in [-0.05, 0) is 61.0 Å². The van der Waals surface area contributed by atoms with Gasteiger partial charge in [0.15, 0.2) is 5.58 Å². The van der Waals surface area contributed by atoms with Crippen molar-refractivity contribution in [1.82, 2.24) is 4.98 Å². The van der Waals surface area contributed by atoms with E-state index in [0.717, 1.165) is 14.5 Å². The molecule has 0 aliphatic rings. The van der Waals surface area contributed by atoms with E-state index < -0.39 is 0 Å². The summed E-state index contributed by atoms with van der Waals surface area (Å²) in [4.78, 5) is 17.4. The summed E-state index contributed by atoms with van der Waals surface area (Å²) in [6, 6.07) is 14.4. The van der Waals surface area contributed by atoms with Gasteiger partial charge in [-0.15, -0.1) is 0 Å². The van der Waals surface area contributed by atoms with Crippen LogP contribution >= 0.6 is 43.5 Å². The quantitative estimate of drug-likeness (QED) is 0.291. The van der Waals surface area contributed by atoms with Gasteiger partial charge in [-0.3, -0.25) is 4.79 Å². The number of nitrogens with one attached hydrogen (secondary N) is 1. The first-order chi connectivity index (χ1) is 14.4. The molecule has 5 nitrogen and oxygen atoms in total. The lowest BCUT2D eigenvalue weighted by molar-refractivity contribution is 0.102. The van der Waals surface area contributed by atoms with Crippen molar-refractivity contribution in [2.45, 2.75) is 6.92 Å². The summed E-state index contributed by atoms with van der Waals surface area (Å²) in [7, 11) is 1.54. The van der Waals surface area contributed by atoms with Crippen LogP contribution in [-0.4, -0.2) is 18.0 Å². The summed E-state index contributed by atoms with van der Waals surface area (Å²) < 4.78 is 12.9. The minimum absolute atomic E-state index is 0.283. The van der Waals surface area contributed by atoms with Crippen molar-refractivity contribution in [2.24, 2.45) is 0 Å². The molecule has 1 amide bonds. The largest absolute Gasteiger partial charge is 0.496 e. The molecule has 0 fully saturated rings. The number of fused-ring (bicyclic) bond motifs is 1. The number of oxazole rings is 1. The maximum absolute atomic E-state index is 12.9. The number of nitrogens with zero attached hydrogens (tertiary/aromatic N) is 1. The molecule has 3 aromatic carbocycles. The molecule has 1 heterocycles. The second-order valence-corrected chi connectivity index (χ2v) is 8.82. The highest BCUT2D eigenvalue weighted by atomic mass is 79.9. The van der Waals surface area contributed by atoms with Crippen molar-refractivity contribution >= 4 is 66.2 Å². The summed E-state index contributed by atoms with van der Waals surface area (Å²) >= 11 is 13.1. The monoisotopic (exact) mass is 548 g/mol. The Balaban J connectivity index is 1.67. The van der Waals surface area contributed by atoms with Crippen LogP contribution in [0, 0.1) is 6.92 Å². The summed E-state index contributed by atoms with van der Waals surface area (Å²) in [6.45, 7) is 1.89. The number of hydrogen-bond donors (Lipinski definition) is 1. The van der Waals surface area contributed by atoms with E-state index in [4.69, 9.17) is 20.8 Å². The van der Waals surface area contributed by atoms with Crippen LogP contribution < -0.4 is 10.1 Å². The van der Waals surface area contributed by atoms with Crippen molar-refractivity contribution in [3.05, 3.63) is 73.6 Å². The zero-order valence-electron chi connectivity index (χ0n) is 15.9. The number of aryl methyl sites for hydroxylation is 1. The number of rotatable bonds is 4. The topological polar surface area (TPSA) is 64.4 Å². The number of benzene rings is 3. The SMILES string of the molecule is COc1c(C)cc(Br)cc1C(=O)Nc1ccc2oc(-c3cc(Br)ccc3Cl)nc2c1. The van der Waals surface area contributed by atoms with E-state index >= 15 is 0 Å². The minimum atomic E-state index is -0.283. The number of carbonyl (C=O) groups is 1. The van der Waals surface area contributed by atoms with Crippen LogP contribution in [0.15, 0.2) is 61.9 Å². The van der Waals surface area contributed by atoms with Crippen molar-refractivity contribution in [1.29, 1.82) is 0 Å². The highest BCUT2D eigenvalue weighted by Crippen LogP contribution is 2.33. The van der Waals surface area contributed by atoms with Crippen LogP contribution in [0.5, 0.6) is 5.75 Å². The lowest BCUT2D eigenvalue weighted by Crippen LogP contribution is -2.13. The van der Waals surface area contributed by atoms with E-state index in [0.29, 0.717) is 44.6 Å². The molecule has 8 heteroatoms. The molecule has 0 aliphatic heterocycles. The molecule has 1 N–H and O–H groups in total. The lowest BCUT2D eigenvalue weighted by atomic mass is 10.1. The third kappa shape index (κ3) is 4.10. The van der Waals surface area contributed by atoms with E-state index in [-0.39, 0.29) is 5.91 Å². The summed E-state index contributed by atoms with van der Waals surface area (Å²) in [6.07, 6.45) is 0. The van der Waals surface area contributed by atoms with Crippen LogP contribution in [0.25, 0.3) is 22.6 Å². The number of aromatic nitrogens is 1. The average Bonchev–Trinajstić information content (AvgIpc) is 3.12. The number of methoxy groups -OCH3 is 1. The zero-order chi connectivity index (χ0) is 21.4. The number of amides is 1. The van der Waals surface area contributed by atoms with Crippen molar-refractivity contribution in [3.8, 4) is 17.2 Å². The van der Waals surface area contributed by atoms with Crippen molar-refractivity contribution in [2.75, 3.05) is 12.4 Å². The molecule has 0 radical (unpaired) electrons. The molecule has 0 saturated heterocycles. The minimum Gasteiger partial charge on any atom is -0.496 e. The Morgan fingerprint density at radius 2 is 1.90 bits per heavy atom. The molecular formula is C22H15Br2ClN2O3. The van der Waals surface area contributed by atoms with E-state index in [1.54, 1.807) is 37.4 Å². The molecular weight excluding hydrogens is 536 g/mol. The van der Waals surface area contributed by atoms with Gasteiger partial charge in [0.25, 0.3) is 5.91 Å². The fourth-order valence-electron chi connectivity index (χ4n) is 3.15. The van der Waals surface area contributed by atoms with Gasteiger partial charge < -0.3 is 14.5 Å². The molecule has 1 aromatic heterocycles. The second-order valence-electron chi connectivity index (χ2n) is 6.58. The molecule has 152 valence electrons. The maximum atomic E-state index is 12.9. The average molecular weight is 551 g/mol. The van der Waals surface area contributed by atoms with Gasteiger partial charge in [0.1, 0.15) is 11.3 Å². The predicted octanol–water partition coefficient (Wildman–Crippen LogP) is 7.24. The van der Waals surface area contributed by atoms with Crippen LogP contribution in [-0.2, 0) is 0 Å². The fourth-order valence-corrected chi connectivity index (χ4v) is 4.28. The predicted molar refractivity (Wildman–Crippen MR) is 126 cm³/mol. The first kappa shape index (κ1) is 20.9. The molecule has 0 saturated carbocycles. The van der Waals surface area contributed by atoms with Gasteiger partial charge in [0.05, 0.1) is 23.3 Å². The Kier molecular flexibility index (Phi) is 5.86. The smallest absolute Gasteiger partial charge is 0.259 e. The Morgan fingerprint density at radius 3 is 2.67 bits per heavy atom. The number of carbonyl (C=O) groups excluding carboxylic acids is 1. The molecule has 4 aromatic rings. The number of ether oxygens (including phenoxy) is 1. The lowest BCUT2D eigenvalue weighted by Gasteiger charge is -2.12. The fraction of sp³-hybridized carbons (Fsp3) is 0.0909. The zero-order valence-corrected chi connectivity index (χ0v) is 19.9. The molecule has 0 unspecified atom stereocenters. The molecule has 0 atom stereocenters. The van der Waals surface area contributed by atoms with Crippen LogP contribution in [0.3, 0.4) is 0 Å². The Morgan fingerprint density at radius 1 is 1.10 bits per heavy atom. The summed E-state index contributed by atoms with van der Waals surface area (Å²) in [5.41, 5.74) is 3.77. The van der Waals surface area contributed by atoms with Gasteiger partial charge >= 0.3 is 0 Å². The number of halogens is 3. The molecule has 0 aliphatic carbocycles. The highest BCUT2D eigenvalue weighted by Gasteiger charge is 2.17. The van der Waals surface area contributed by atoms with Gasteiger partial charge in [-0.1, -0.05) is 43.5 Å². The maximum Gasteiger partial charge on any atom is 0.259 e. The second kappa shape index (κ2) is 8.41. The Hall–Kier alpha value is -2.35. The first-order valence-electron chi connectivity index (χ1n) is 8.87. The van der Waals surface area contributed by atoms with Gasteiger partial charge in [0, 0.05) is 14.6 Å². The Bertz CT molecular complexity index is 1290. The highest BCUT2D eigenvalue weighted by molar-refractivity contribution is 9.10. The van der Waals surface area contributed by atoms with Gasteiger partial charge in [0.2, 0.25) is 5.89 Å². The number of anilines is 1. The van der Waals surface area contributed by atoms with Crippen LogP contribution in [0.1, 0.15) is 15.9 Å². The van der Waals surface area contributed by atoms with E-state index in [1.807, 2.05) is 25.1 Å². The third-order valence-corrected chi connectivity index (χ3v) is 5.77. The standard InChI is InChI=1S/C22H15Br2ClN2O3/c1-11-7-13(24)9-16(20(11)29-2)21(28)26-14-4-6-19-18(10-14)27-22(30-19)15-8-12(23)3-5-17(15)25/h3-10H,1-2H3,(H,26,28).